The van der Waals surface area contributed by atoms with E-state index in [1.165, 1.54) is 0 Å². The molecule has 0 radical (unpaired) electrons. The van der Waals surface area contributed by atoms with Crippen molar-refractivity contribution in [3.8, 4) is 0 Å². The van der Waals surface area contributed by atoms with E-state index >= 15 is 0 Å². The Bertz CT molecular complexity index is 607. The molecular weight excluding hydrogens is 348 g/mol. The Kier molecular flexibility index (Phi) is 6.01. The van der Waals surface area contributed by atoms with Crippen LogP contribution >= 0.6 is 0 Å². The number of hydrazine groups is 1. The van der Waals surface area contributed by atoms with Gasteiger partial charge in [-0.05, 0) is 44.4 Å². The lowest BCUT2D eigenvalue weighted by atomic mass is 9.75. The third-order valence-electron chi connectivity index (χ3n) is 6.38. The Hall–Kier alpha value is -2.12. The molecule has 2 aliphatic carbocycles. The molecule has 3 fully saturated rings. The summed E-state index contributed by atoms with van der Waals surface area (Å²) in [7, 11) is 0. The van der Waals surface area contributed by atoms with Crippen LogP contribution in [-0.4, -0.2) is 40.7 Å². The minimum Gasteiger partial charge on any atom is -0.323 e. The van der Waals surface area contributed by atoms with E-state index in [0.717, 1.165) is 56.3 Å². The molecule has 1 aliphatic heterocycles. The molecule has 3 aliphatic rings. The Labute approximate surface area is 159 Å². The predicted octanol–water partition coefficient (Wildman–Crippen LogP) is 1.60. The molecule has 1 heterocycles. The summed E-state index contributed by atoms with van der Waals surface area (Å²) in [6.07, 6.45) is 8.96. The fourth-order valence-corrected chi connectivity index (χ4v) is 4.52. The van der Waals surface area contributed by atoms with Crippen molar-refractivity contribution in [2.45, 2.75) is 76.7 Å². The number of carbonyl (C=O) groups excluding carboxylic acids is 4. The van der Waals surface area contributed by atoms with Crippen LogP contribution in [0.3, 0.4) is 0 Å². The fraction of sp³-hybridized carbons (Fsp3) is 0.789. The maximum atomic E-state index is 12.8. The van der Waals surface area contributed by atoms with E-state index in [4.69, 9.17) is 0 Å². The average Bonchev–Trinajstić information content (AvgIpc) is 2.91. The van der Waals surface area contributed by atoms with Crippen molar-refractivity contribution in [3.05, 3.63) is 0 Å². The summed E-state index contributed by atoms with van der Waals surface area (Å²) in [6.45, 7) is 1.75. The molecule has 1 spiro atoms. The van der Waals surface area contributed by atoms with E-state index in [9.17, 15) is 19.2 Å². The van der Waals surface area contributed by atoms with Crippen LogP contribution in [0.2, 0.25) is 0 Å². The number of hydrogen-bond acceptors (Lipinski definition) is 4. The second-order valence-electron chi connectivity index (χ2n) is 8.13. The van der Waals surface area contributed by atoms with Crippen LogP contribution < -0.4 is 16.2 Å². The summed E-state index contributed by atoms with van der Waals surface area (Å²) in [6, 6.07) is -0.524. The second-order valence-corrected chi connectivity index (χ2v) is 8.13. The number of hydrogen-bond donors (Lipinski definition) is 3. The lowest BCUT2D eigenvalue weighted by Gasteiger charge is -2.34. The highest BCUT2D eigenvalue weighted by Gasteiger charge is 2.52. The zero-order valence-corrected chi connectivity index (χ0v) is 16.0. The van der Waals surface area contributed by atoms with Crippen LogP contribution in [0, 0.1) is 11.8 Å². The number of imide groups is 1. The van der Waals surface area contributed by atoms with Gasteiger partial charge in [-0.1, -0.05) is 32.6 Å². The van der Waals surface area contributed by atoms with Crippen LogP contribution in [0.25, 0.3) is 0 Å². The highest BCUT2D eigenvalue weighted by molar-refractivity contribution is 6.09. The maximum Gasteiger partial charge on any atom is 0.325 e. The number of rotatable bonds is 4. The van der Waals surface area contributed by atoms with Gasteiger partial charge in [-0.2, -0.15) is 0 Å². The fourth-order valence-electron chi connectivity index (χ4n) is 4.52. The third kappa shape index (κ3) is 4.25. The molecule has 8 nitrogen and oxygen atoms in total. The Morgan fingerprint density at radius 2 is 1.74 bits per heavy atom. The number of carbonyl (C=O) groups is 4. The zero-order chi connectivity index (χ0) is 19.4. The van der Waals surface area contributed by atoms with Crippen molar-refractivity contribution in [3.63, 3.8) is 0 Å². The van der Waals surface area contributed by atoms with Crippen molar-refractivity contribution in [1.29, 1.82) is 0 Å². The van der Waals surface area contributed by atoms with Crippen LogP contribution in [0.15, 0.2) is 0 Å². The molecule has 1 saturated heterocycles. The first-order chi connectivity index (χ1) is 12.9. The van der Waals surface area contributed by atoms with E-state index in [-0.39, 0.29) is 24.3 Å². The lowest BCUT2D eigenvalue weighted by Crippen LogP contribution is -2.51. The van der Waals surface area contributed by atoms with Crippen molar-refractivity contribution < 1.29 is 19.2 Å². The first-order valence-corrected chi connectivity index (χ1v) is 10.2. The van der Waals surface area contributed by atoms with E-state index < -0.39 is 17.5 Å². The first-order valence-electron chi connectivity index (χ1n) is 10.2. The average molecular weight is 378 g/mol. The van der Waals surface area contributed by atoms with Crippen LogP contribution in [0.5, 0.6) is 0 Å². The number of nitrogens with one attached hydrogen (secondary N) is 3. The van der Waals surface area contributed by atoms with Gasteiger partial charge in [0.25, 0.3) is 11.8 Å². The van der Waals surface area contributed by atoms with Gasteiger partial charge in [0.2, 0.25) is 5.91 Å². The van der Waals surface area contributed by atoms with E-state index in [2.05, 4.69) is 23.1 Å². The summed E-state index contributed by atoms with van der Waals surface area (Å²) in [5.41, 5.74) is 3.92. The van der Waals surface area contributed by atoms with Crippen LogP contribution in [0.4, 0.5) is 4.79 Å². The molecule has 0 aromatic heterocycles. The van der Waals surface area contributed by atoms with E-state index in [1.54, 1.807) is 0 Å². The number of nitrogens with zero attached hydrogens (tertiary/aromatic N) is 1. The summed E-state index contributed by atoms with van der Waals surface area (Å²) < 4.78 is 0. The van der Waals surface area contributed by atoms with Gasteiger partial charge in [0, 0.05) is 5.92 Å². The van der Waals surface area contributed by atoms with Gasteiger partial charge < -0.3 is 5.32 Å². The SMILES string of the molecule is CCC1CCC2(CC1)NC(=O)N(CC(=O)NNC(=O)C1CCCCC1)C2=O. The monoisotopic (exact) mass is 378 g/mol. The molecule has 3 N–H and O–H groups in total. The molecule has 0 bridgehead atoms. The minimum absolute atomic E-state index is 0.0761. The molecule has 0 atom stereocenters. The van der Waals surface area contributed by atoms with Crippen LogP contribution in [0.1, 0.15) is 71.1 Å². The molecule has 8 heteroatoms. The normalized spacial score (nSPS) is 28.9. The zero-order valence-electron chi connectivity index (χ0n) is 16.0. The van der Waals surface area contributed by atoms with Gasteiger partial charge in [0.15, 0.2) is 0 Å². The van der Waals surface area contributed by atoms with Gasteiger partial charge >= 0.3 is 6.03 Å². The molecule has 2 saturated carbocycles. The maximum absolute atomic E-state index is 12.8. The number of amides is 5. The van der Waals surface area contributed by atoms with Gasteiger partial charge in [-0.3, -0.25) is 30.1 Å². The lowest BCUT2D eigenvalue weighted by molar-refractivity contribution is -0.137. The molecule has 27 heavy (non-hydrogen) atoms. The molecular formula is C19H30N4O4. The first kappa shape index (κ1) is 19.6. The van der Waals surface area contributed by atoms with Crippen molar-refractivity contribution >= 4 is 23.8 Å². The Balaban J connectivity index is 1.49. The highest BCUT2D eigenvalue weighted by Crippen LogP contribution is 2.37. The molecule has 3 rings (SSSR count). The summed E-state index contributed by atoms with van der Waals surface area (Å²) in [5, 5.41) is 2.81. The largest absolute Gasteiger partial charge is 0.325 e. The smallest absolute Gasteiger partial charge is 0.323 e. The quantitative estimate of drug-likeness (QED) is 0.510. The number of urea groups is 1. The molecule has 5 amide bonds. The molecule has 150 valence electrons. The summed E-state index contributed by atoms with van der Waals surface area (Å²) in [5.74, 6) is -0.576. The molecule has 0 aromatic rings. The van der Waals surface area contributed by atoms with Crippen molar-refractivity contribution in [2.24, 2.45) is 11.8 Å². The summed E-state index contributed by atoms with van der Waals surface area (Å²) >= 11 is 0. The topological polar surface area (TPSA) is 108 Å². The third-order valence-corrected chi connectivity index (χ3v) is 6.38. The van der Waals surface area contributed by atoms with E-state index in [0.29, 0.717) is 18.8 Å². The standard InChI is InChI=1S/C19H30N4O4/c1-2-13-8-10-19(11-9-13)17(26)23(18(27)20-19)12-15(24)21-22-16(25)14-6-4-3-5-7-14/h13-14H,2-12H2,1H3,(H,20,27)(H,21,24)(H,22,25). The summed E-state index contributed by atoms with van der Waals surface area (Å²) in [4.78, 5) is 50.2. The van der Waals surface area contributed by atoms with Gasteiger partial charge in [-0.15, -0.1) is 0 Å². The predicted molar refractivity (Wildman–Crippen MR) is 98.1 cm³/mol. The second kappa shape index (κ2) is 8.27. The Morgan fingerprint density at radius 3 is 2.37 bits per heavy atom. The van der Waals surface area contributed by atoms with Crippen molar-refractivity contribution in [1.82, 2.24) is 21.1 Å². The molecule has 0 aromatic carbocycles. The Morgan fingerprint density at radius 1 is 1.07 bits per heavy atom. The van der Waals surface area contributed by atoms with E-state index in [1.807, 2.05) is 0 Å². The highest BCUT2D eigenvalue weighted by atomic mass is 16.2. The van der Waals surface area contributed by atoms with Crippen LogP contribution in [-0.2, 0) is 14.4 Å². The van der Waals surface area contributed by atoms with Gasteiger partial charge in [0.1, 0.15) is 12.1 Å². The molecule has 0 unspecified atom stereocenters. The minimum atomic E-state index is -0.853. The van der Waals surface area contributed by atoms with Crippen molar-refractivity contribution in [2.75, 3.05) is 6.54 Å². The van der Waals surface area contributed by atoms with Gasteiger partial charge in [-0.25, -0.2) is 4.79 Å². The van der Waals surface area contributed by atoms with Gasteiger partial charge in [0.05, 0.1) is 0 Å².